The Hall–Kier alpha value is -2.01. The highest BCUT2D eigenvalue weighted by Crippen LogP contribution is 2.29. The summed E-state index contributed by atoms with van der Waals surface area (Å²) in [6, 6.07) is 8.50. The zero-order valence-electron chi connectivity index (χ0n) is 10.6. The monoisotopic (exact) mass is 236 g/mol. The predicted octanol–water partition coefficient (Wildman–Crippen LogP) is 3.32. The first-order valence-electron chi connectivity index (χ1n) is 6.43. The number of aromatic amines is 1. The lowest BCUT2D eigenvalue weighted by molar-refractivity contribution is 0.838. The minimum absolute atomic E-state index is 0.612. The van der Waals surface area contributed by atoms with Crippen LogP contribution in [0.3, 0.4) is 0 Å². The summed E-state index contributed by atoms with van der Waals surface area (Å²) in [6.07, 6.45) is 3.40. The van der Waals surface area contributed by atoms with E-state index in [1.165, 1.54) is 34.3 Å². The van der Waals surface area contributed by atoms with E-state index in [1.807, 2.05) is 6.92 Å². The molecule has 0 fully saturated rings. The summed E-state index contributed by atoms with van der Waals surface area (Å²) in [6.45, 7) is 2.47. The van der Waals surface area contributed by atoms with Gasteiger partial charge >= 0.3 is 0 Å². The second-order valence-electron chi connectivity index (χ2n) is 4.57. The molecular formula is C16H16N2. The third-order valence-corrected chi connectivity index (χ3v) is 3.47. The highest BCUT2D eigenvalue weighted by molar-refractivity contribution is 6.06. The number of nitrogens with one attached hydrogen (secondary N) is 1. The first-order chi connectivity index (χ1) is 8.90. The third kappa shape index (κ3) is 1.82. The zero-order valence-corrected chi connectivity index (χ0v) is 10.6. The number of aromatic nitrogens is 1. The Bertz CT molecular complexity index is 665. The Labute approximate surface area is 107 Å². The predicted molar refractivity (Wildman–Crippen MR) is 76.1 cm³/mol. The molecule has 0 radical (unpaired) electrons. The second-order valence-corrected chi connectivity index (χ2v) is 4.57. The van der Waals surface area contributed by atoms with Crippen LogP contribution >= 0.6 is 0 Å². The Balaban J connectivity index is 2.09. The molecule has 0 bridgehead atoms. The molecule has 0 aliphatic heterocycles. The molecule has 2 aromatic rings. The number of hydrogen-bond acceptors (Lipinski definition) is 1. The molecule has 1 aromatic heterocycles. The van der Waals surface area contributed by atoms with Crippen molar-refractivity contribution in [2.24, 2.45) is 4.99 Å². The van der Waals surface area contributed by atoms with E-state index in [4.69, 9.17) is 0 Å². The SMILES string of the molecule is CC#CCN=C1CCCc2c1[nH]c1ccccc21. The Morgan fingerprint density at radius 1 is 1.28 bits per heavy atom. The molecule has 2 heteroatoms. The van der Waals surface area contributed by atoms with E-state index >= 15 is 0 Å². The number of rotatable bonds is 1. The van der Waals surface area contributed by atoms with Gasteiger partial charge in [-0.1, -0.05) is 24.1 Å². The molecule has 0 saturated carbocycles. The molecule has 0 amide bonds. The van der Waals surface area contributed by atoms with Crippen molar-refractivity contribution >= 4 is 16.6 Å². The van der Waals surface area contributed by atoms with Crippen molar-refractivity contribution < 1.29 is 0 Å². The van der Waals surface area contributed by atoms with Crippen molar-refractivity contribution in [1.82, 2.24) is 4.98 Å². The van der Waals surface area contributed by atoms with Crippen LogP contribution in [-0.4, -0.2) is 17.2 Å². The van der Waals surface area contributed by atoms with Crippen LogP contribution in [0.5, 0.6) is 0 Å². The highest BCUT2D eigenvalue weighted by atomic mass is 14.8. The van der Waals surface area contributed by atoms with E-state index in [0.29, 0.717) is 6.54 Å². The van der Waals surface area contributed by atoms with Gasteiger partial charge in [0.2, 0.25) is 0 Å². The number of fused-ring (bicyclic) bond motifs is 3. The van der Waals surface area contributed by atoms with Gasteiger partial charge in [0.25, 0.3) is 0 Å². The molecule has 0 saturated heterocycles. The topological polar surface area (TPSA) is 28.1 Å². The van der Waals surface area contributed by atoms with Gasteiger partial charge in [-0.15, -0.1) is 5.92 Å². The number of aryl methyl sites for hydroxylation is 1. The van der Waals surface area contributed by atoms with E-state index in [9.17, 15) is 0 Å². The number of H-pyrrole nitrogens is 1. The van der Waals surface area contributed by atoms with Crippen molar-refractivity contribution in [2.45, 2.75) is 26.2 Å². The van der Waals surface area contributed by atoms with Crippen LogP contribution in [0.1, 0.15) is 31.0 Å². The molecule has 3 rings (SSSR count). The van der Waals surface area contributed by atoms with Crippen LogP contribution in [-0.2, 0) is 6.42 Å². The number of aliphatic imine (C=N–C) groups is 1. The van der Waals surface area contributed by atoms with E-state index in [-0.39, 0.29) is 0 Å². The van der Waals surface area contributed by atoms with Crippen molar-refractivity contribution in [2.75, 3.05) is 6.54 Å². The second kappa shape index (κ2) is 4.70. The normalized spacial score (nSPS) is 16.4. The van der Waals surface area contributed by atoms with Gasteiger partial charge in [0, 0.05) is 10.9 Å². The van der Waals surface area contributed by atoms with Crippen molar-refractivity contribution in [3.63, 3.8) is 0 Å². The lowest BCUT2D eigenvalue weighted by Gasteiger charge is -2.13. The van der Waals surface area contributed by atoms with Crippen LogP contribution in [0, 0.1) is 11.8 Å². The van der Waals surface area contributed by atoms with Gasteiger partial charge < -0.3 is 4.98 Å². The van der Waals surface area contributed by atoms with Gasteiger partial charge in [-0.3, -0.25) is 4.99 Å². The largest absolute Gasteiger partial charge is 0.353 e. The Morgan fingerprint density at radius 3 is 3.06 bits per heavy atom. The van der Waals surface area contributed by atoms with Gasteiger partial charge in [0.1, 0.15) is 6.54 Å². The van der Waals surface area contributed by atoms with Gasteiger partial charge in [0.05, 0.1) is 11.4 Å². The van der Waals surface area contributed by atoms with E-state index in [2.05, 4.69) is 46.1 Å². The molecule has 1 aliphatic carbocycles. The summed E-state index contributed by atoms with van der Waals surface area (Å²) in [5, 5.41) is 1.35. The van der Waals surface area contributed by atoms with Crippen LogP contribution in [0.25, 0.3) is 10.9 Å². The van der Waals surface area contributed by atoms with Crippen molar-refractivity contribution in [3.05, 3.63) is 35.5 Å². The average Bonchev–Trinajstić information content (AvgIpc) is 2.79. The van der Waals surface area contributed by atoms with Crippen LogP contribution < -0.4 is 0 Å². The van der Waals surface area contributed by atoms with E-state index in [0.717, 1.165) is 12.8 Å². The maximum atomic E-state index is 4.62. The Morgan fingerprint density at radius 2 is 2.17 bits per heavy atom. The first-order valence-corrected chi connectivity index (χ1v) is 6.43. The minimum Gasteiger partial charge on any atom is -0.353 e. The summed E-state index contributed by atoms with van der Waals surface area (Å²) in [4.78, 5) is 8.14. The molecular weight excluding hydrogens is 220 g/mol. The number of hydrogen-bond donors (Lipinski definition) is 1. The molecule has 0 atom stereocenters. The molecule has 0 spiro atoms. The van der Waals surface area contributed by atoms with Crippen LogP contribution in [0.4, 0.5) is 0 Å². The van der Waals surface area contributed by atoms with E-state index < -0.39 is 0 Å². The standard InChI is InChI=1S/C16H16N2/c1-2-3-11-17-15-10-6-8-13-12-7-4-5-9-14(12)18-16(13)15/h4-5,7,9,18H,6,8,10-11H2,1H3. The maximum Gasteiger partial charge on any atom is 0.100 e. The van der Waals surface area contributed by atoms with Crippen LogP contribution in [0.15, 0.2) is 29.3 Å². The lowest BCUT2D eigenvalue weighted by Crippen LogP contribution is -2.11. The fraction of sp³-hybridized carbons (Fsp3) is 0.312. The molecule has 1 aromatic carbocycles. The lowest BCUT2D eigenvalue weighted by atomic mass is 9.94. The fourth-order valence-corrected chi connectivity index (χ4v) is 2.64. The summed E-state index contributed by atoms with van der Waals surface area (Å²) in [5.74, 6) is 5.90. The summed E-state index contributed by atoms with van der Waals surface area (Å²) < 4.78 is 0. The van der Waals surface area contributed by atoms with Crippen LogP contribution in [0.2, 0.25) is 0 Å². The third-order valence-electron chi connectivity index (χ3n) is 3.47. The summed E-state index contributed by atoms with van der Waals surface area (Å²) in [5.41, 5.74) is 5.08. The molecule has 2 nitrogen and oxygen atoms in total. The summed E-state index contributed by atoms with van der Waals surface area (Å²) >= 11 is 0. The van der Waals surface area contributed by atoms with Gasteiger partial charge in [-0.2, -0.15) is 0 Å². The van der Waals surface area contributed by atoms with Gasteiger partial charge in [0.15, 0.2) is 0 Å². The molecule has 1 heterocycles. The van der Waals surface area contributed by atoms with E-state index in [1.54, 1.807) is 0 Å². The quantitative estimate of drug-likeness (QED) is 0.736. The molecule has 1 N–H and O–H groups in total. The van der Waals surface area contributed by atoms with Gasteiger partial charge in [-0.05, 0) is 37.8 Å². The number of para-hydroxylation sites is 1. The average molecular weight is 236 g/mol. The highest BCUT2D eigenvalue weighted by Gasteiger charge is 2.19. The molecule has 90 valence electrons. The molecule has 1 aliphatic rings. The first kappa shape index (κ1) is 11.1. The van der Waals surface area contributed by atoms with Gasteiger partial charge in [-0.25, -0.2) is 0 Å². The molecule has 0 unspecified atom stereocenters. The number of nitrogens with zero attached hydrogens (tertiary/aromatic N) is 1. The minimum atomic E-state index is 0.612. The smallest absolute Gasteiger partial charge is 0.100 e. The van der Waals surface area contributed by atoms with Crippen molar-refractivity contribution in [3.8, 4) is 11.8 Å². The fourth-order valence-electron chi connectivity index (χ4n) is 2.64. The zero-order chi connectivity index (χ0) is 12.4. The maximum absolute atomic E-state index is 4.62. The summed E-state index contributed by atoms with van der Waals surface area (Å²) in [7, 11) is 0. The Kier molecular flexibility index (Phi) is 2.90. The number of benzene rings is 1. The van der Waals surface area contributed by atoms with Crippen molar-refractivity contribution in [1.29, 1.82) is 0 Å². The molecule has 18 heavy (non-hydrogen) atoms.